The van der Waals surface area contributed by atoms with Crippen LogP contribution in [0.4, 0.5) is 0 Å². The van der Waals surface area contributed by atoms with Gasteiger partial charge in [-0.25, -0.2) is 0 Å². The fourth-order valence-electron chi connectivity index (χ4n) is 2.38. The molecule has 2 aliphatic rings. The van der Waals surface area contributed by atoms with Crippen LogP contribution < -0.4 is 5.32 Å². The summed E-state index contributed by atoms with van der Waals surface area (Å²) in [4.78, 5) is 11.8. The number of rotatable bonds is 3. The Bertz CT molecular complexity index is 217. The third-order valence-electron chi connectivity index (χ3n) is 3.34. The molecule has 3 heteroatoms. The van der Waals surface area contributed by atoms with Gasteiger partial charge in [-0.2, -0.15) is 0 Å². The molecule has 0 spiro atoms. The topological polar surface area (TPSA) is 38.3 Å². The van der Waals surface area contributed by atoms with Crippen LogP contribution in [0.1, 0.15) is 44.9 Å². The van der Waals surface area contributed by atoms with E-state index in [9.17, 15) is 4.79 Å². The van der Waals surface area contributed by atoms with Gasteiger partial charge < -0.3 is 4.74 Å². The Morgan fingerprint density at radius 1 is 1.29 bits per heavy atom. The van der Waals surface area contributed by atoms with Crippen LogP contribution in [-0.2, 0) is 9.53 Å². The van der Waals surface area contributed by atoms with Crippen molar-refractivity contribution in [3.63, 3.8) is 0 Å². The Morgan fingerprint density at radius 2 is 1.93 bits per heavy atom. The molecule has 2 fully saturated rings. The summed E-state index contributed by atoms with van der Waals surface area (Å²) in [5.74, 6) is -0.0518. The van der Waals surface area contributed by atoms with Crippen molar-refractivity contribution >= 4 is 5.97 Å². The lowest BCUT2D eigenvalue weighted by Gasteiger charge is -2.35. The second-order valence-electron chi connectivity index (χ2n) is 4.55. The van der Waals surface area contributed by atoms with Crippen LogP contribution in [0, 0.1) is 0 Å². The van der Waals surface area contributed by atoms with E-state index in [1.807, 2.05) is 0 Å². The molecule has 0 atom stereocenters. The molecule has 0 aromatic rings. The van der Waals surface area contributed by atoms with E-state index in [0.29, 0.717) is 6.04 Å². The number of esters is 1. The van der Waals surface area contributed by atoms with E-state index in [0.717, 1.165) is 25.7 Å². The van der Waals surface area contributed by atoms with Crippen LogP contribution in [-0.4, -0.2) is 24.7 Å². The molecular weight excluding hydrogens is 178 g/mol. The zero-order valence-corrected chi connectivity index (χ0v) is 8.84. The quantitative estimate of drug-likeness (QED) is 0.699. The Morgan fingerprint density at radius 3 is 2.43 bits per heavy atom. The zero-order chi connectivity index (χ0) is 10.0. The number of hydrogen-bond acceptors (Lipinski definition) is 3. The van der Waals surface area contributed by atoms with Crippen LogP contribution in [0.25, 0.3) is 0 Å². The van der Waals surface area contributed by atoms with Crippen molar-refractivity contribution in [1.29, 1.82) is 0 Å². The van der Waals surface area contributed by atoms with Crippen LogP contribution >= 0.6 is 0 Å². The fraction of sp³-hybridized carbons (Fsp3) is 0.909. The molecule has 0 radical (unpaired) electrons. The Labute approximate surface area is 85.2 Å². The van der Waals surface area contributed by atoms with Gasteiger partial charge in [0.05, 0.1) is 7.11 Å². The third kappa shape index (κ3) is 1.92. The summed E-state index contributed by atoms with van der Waals surface area (Å²) in [6, 6.07) is 0.576. The number of ether oxygens (including phenoxy) is 1. The molecule has 2 saturated carbocycles. The van der Waals surface area contributed by atoms with E-state index >= 15 is 0 Å². The maximum atomic E-state index is 11.8. The summed E-state index contributed by atoms with van der Waals surface area (Å²) in [5.41, 5.74) is -0.339. The number of carbonyl (C=O) groups excluding carboxylic acids is 1. The predicted octanol–water partition coefficient (Wildman–Crippen LogP) is 1.61. The minimum atomic E-state index is -0.339. The minimum absolute atomic E-state index is 0.0518. The normalized spacial score (nSPS) is 25.8. The standard InChI is InChI=1S/C11H19NO2/c1-14-10(13)11(12-9-5-6-9)7-3-2-4-8-11/h9,12H,2-8H2,1H3. The predicted molar refractivity (Wildman–Crippen MR) is 54.0 cm³/mol. The highest BCUT2D eigenvalue weighted by Crippen LogP contribution is 2.33. The summed E-state index contributed by atoms with van der Waals surface area (Å²) in [5, 5.41) is 3.48. The van der Waals surface area contributed by atoms with Gasteiger partial charge >= 0.3 is 5.97 Å². The van der Waals surface area contributed by atoms with E-state index in [2.05, 4.69) is 5.32 Å². The van der Waals surface area contributed by atoms with E-state index in [1.165, 1.54) is 26.4 Å². The molecule has 0 unspecified atom stereocenters. The minimum Gasteiger partial charge on any atom is -0.468 e. The highest BCUT2D eigenvalue weighted by molar-refractivity contribution is 5.81. The van der Waals surface area contributed by atoms with Crippen molar-refractivity contribution in [1.82, 2.24) is 5.32 Å². The molecular formula is C11H19NO2. The highest BCUT2D eigenvalue weighted by Gasteiger charge is 2.43. The molecule has 0 aliphatic heterocycles. The first kappa shape index (κ1) is 9.97. The highest BCUT2D eigenvalue weighted by atomic mass is 16.5. The monoisotopic (exact) mass is 197 g/mol. The van der Waals surface area contributed by atoms with Gasteiger partial charge in [0.1, 0.15) is 5.54 Å². The zero-order valence-electron chi connectivity index (χ0n) is 8.84. The first-order valence-electron chi connectivity index (χ1n) is 5.63. The van der Waals surface area contributed by atoms with Crippen molar-refractivity contribution in [3.05, 3.63) is 0 Å². The van der Waals surface area contributed by atoms with E-state index in [4.69, 9.17) is 4.74 Å². The smallest absolute Gasteiger partial charge is 0.326 e. The first-order chi connectivity index (χ1) is 6.77. The van der Waals surface area contributed by atoms with Gasteiger partial charge in [-0.3, -0.25) is 10.1 Å². The van der Waals surface area contributed by atoms with E-state index in [1.54, 1.807) is 0 Å². The summed E-state index contributed by atoms with van der Waals surface area (Å²) < 4.78 is 4.92. The van der Waals surface area contributed by atoms with Gasteiger partial charge in [-0.15, -0.1) is 0 Å². The van der Waals surface area contributed by atoms with E-state index in [-0.39, 0.29) is 11.5 Å². The molecule has 0 bridgehead atoms. The van der Waals surface area contributed by atoms with Crippen molar-refractivity contribution in [2.24, 2.45) is 0 Å². The number of hydrogen-bond donors (Lipinski definition) is 1. The second-order valence-corrected chi connectivity index (χ2v) is 4.55. The Hall–Kier alpha value is -0.570. The number of nitrogens with one attached hydrogen (secondary N) is 1. The van der Waals surface area contributed by atoms with Gasteiger partial charge in [0.15, 0.2) is 0 Å². The molecule has 14 heavy (non-hydrogen) atoms. The second kappa shape index (κ2) is 3.89. The van der Waals surface area contributed by atoms with E-state index < -0.39 is 0 Å². The Balaban J connectivity index is 2.04. The number of carbonyl (C=O) groups is 1. The van der Waals surface area contributed by atoms with Gasteiger partial charge in [0.25, 0.3) is 0 Å². The maximum Gasteiger partial charge on any atom is 0.326 e. The van der Waals surface area contributed by atoms with Crippen molar-refractivity contribution in [3.8, 4) is 0 Å². The van der Waals surface area contributed by atoms with Crippen LogP contribution in [0.3, 0.4) is 0 Å². The van der Waals surface area contributed by atoms with Gasteiger partial charge in [0, 0.05) is 6.04 Å². The lowest BCUT2D eigenvalue weighted by Crippen LogP contribution is -2.54. The van der Waals surface area contributed by atoms with Crippen LogP contribution in [0.15, 0.2) is 0 Å². The summed E-state index contributed by atoms with van der Waals surface area (Å²) in [7, 11) is 1.49. The largest absolute Gasteiger partial charge is 0.468 e. The SMILES string of the molecule is COC(=O)C1(NC2CC2)CCCCC1. The van der Waals surface area contributed by atoms with Crippen molar-refractivity contribution in [2.75, 3.05) is 7.11 Å². The Kier molecular flexibility index (Phi) is 2.77. The molecule has 0 amide bonds. The third-order valence-corrected chi connectivity index (χ3v) is 3.34. The summed E-state index contributed by atoms with van der Waals surface area (Å²) in [6.07, 6.45) is 7.90. The first-order valence-corrected chi connectivity index (χ1v) is 5.63. The van der Waals surface area contributed by atoms with Crippen LogP contribution in [0.5, 0.6) is 0 Å². The molecule has 1 N–H and O–H groups in total. The molecule has 0 aromatic carbocycles. The molecule has 0 aromatic heterocycles. The van der Waals surface area contributed by atoms with Crippen LogP contribution in [0.2, 0.25) is 0 Å². The van der Waals surface area contributed by atoms with Gasteiger partial charge in [-0.1, -0.05) is 19.3 Å². The molecule has 80 valence electrons. The average Bonchev–Trinajstić information content (AvgIpc) is 3.02. The molecule has 2 rings (SSSR count). The maximum absolute atomic E-state index is 11.8. The molecule has 2 aliphatic carbocycles. The van der Waals surface area contributed by atoms with Gasteiger partial charge in [0.2, 0.25) is 0 Å². The lowest BCUT2D eigenvalue weighted by atomic mass is 9.81. The summed E-state index contributed by atoms with van der Waals surface area (Å²) in [6.45, 7) is 0. The lowest BCUT2D eigenvalue weighted by molar-refractivity contribution is -0.150. The summed E-state index contributed by atoms with van der Waals surface area (Å²) >= 11 is 0. The number of methoxy groups -OCH3 is 1. The van der Waals surface area contributed by atoms with Gasteiger partial charge in [-0.05, 0) is 25.7 Å². The molecule has 3 nitrogen and oxygen atoms in total. The fourth-order valence-corrected chi connectivity index (χ4v) is 2.38. The van der Waals surface area contributed by atoms with Crippen molar-refractivity contribution in [2.45, 2.75) is 56.5 Å². The molecule has 0 saturated heterocycles. The molecule has 0 heterocycles. The van der Waals surface area contributed by atoms with Crippen molar-refractivity contribution < 1.29 is 9.53 Å². The average molecular weight is 197 g/mol.